The van der Waals surface area contributed by atoms with Crippen molar-refractivity contribution in [3.8, 4) is 11.4 Å². The Morgan fingerprint density at radius 3 is 2.63 bits per heavy atom. The molecule has 1 heterocycles. The second kappa shape index (κ2) is 8.73. The predicted molar refractivity (Wildman–Crippen MR) is 108 cm³/mol. The van der Waals surface area contributed by atoms with Crippen LogP contribution in [0.1, 0.15) is 25.3 Å². The van der Waals surface area contributed by atoms with Crippen LogP contribution in [0.15, 0.2) is 60.0 Å². The molecule has 2 aromatic carbocycles. The van der Waals surface area contributed by atoms with Crippen molar-refractivity contribution < 1.29 is 9.53 Å². The number of rotatable bonds is 7. The Hall–Kier alpha value is -2.80. The molecule has 1 N–H and O–H groups in total. The van der Waals surface area contributed by atoms with Gasteiger partial charge in [0.2, 0.25) is 5.91 Å². The van der Waals surface area contributed by atoms with Crippen LogP contribution in [0.3, 0.4) is 0 Å². The van der Waals surface area contributed by atoms with Crippen molar-refractivity contribution in [2.45, 2.75) is 24.9 Å². The van der Waals surface area contributed by atoms with Gasteiger partial charge in [0.1, 0.15) is 12.1 Å². The Bertz CT molecular complexity index is 906. The van der Waals surface area contributed by atoms with Crippen molar-refractivity contribution in [3.63, 3.8) is 0 Å². The summed E-state index contributed by atoms with van der Waals surface area (Å²) in [5, 5.41) is 11.6. The number of benzene rings is 2. The molecule has 0 radical (unpaired) electrons. The Morgan fingerprint density at radius 2 is 1.93 bits per heavy atom. The largest absolute Gasteiger partial charge is 0.495 e. The van der Waals surface area contributed by atoms with Crippen LogP contribution in [0.2, 0.25) is 0 Å². The highest BCUT2D eigenvalue weighted by Crippen LogP contribution is 2.25. The SMILES string of the molecule is COc1ccccc1NC(=O)CSc1nncn1-c1ccc(C(C)C)cc1. The van der Waals surface area contributed by atoms with Gasteiger partial charge in [0.15, 0.2) is 5.16 Å². The molecule has 0 spiro atoms. The predicted octanol–water partition coefficient (Wildman–Crippen LogP) is 4.13. The molecule has 0 atom stereocenters. The van der Waals surface area contributed by atoms with E-state index in [1.165, 1.54) is 17.3 Å². The summed E-state index contributed by atoms with van der Waals surface area (Å²) < 4.78 is 7.13. The monoisotopic (exact) mass is 382 g/mol. The maximum Gasteiger partial charge on any atom is 0.234 e. The number of ether oxygens (including phenoxy) is 1. The van der Waals surface area contributed by atoms with Crippen LogP contribution in [-0.4, -0.2) is 33.5 Å². The smallest absolute Gasteiger partial charge is 0.234 e. The Labute approximate surface area is 163 Å². The van der Waals surface area contributed by atoms with Gasteiger partial charge in [-0.3, -0.25) is 9.36 Å². The quantitative estimate of drug-likeness (QED) is 0.622. The van der Waals surface area contributed by atoms with Gasteiger partial charge < -0.3 is 10.1 Å². The minimum atomic E-state index is -0.130. The average molecular weight is 382 g/mol. The molecule has 0 saturated carbocycles. The van der Waals surface area contributed by atoms with Gasteiger partial charge >= 0.3 is 0 Å². The third-order valence-corrected chi connectivity index (χ3v) is 5.01. The van der Waals surface area contributed by atoms with Crippen LogP contribution in [0.5, 0.6) is 5.75 Å². The van der Waals surface area contributed by atoms with Crippen molar-refractivity contribution in [2.24, 2.45) is 0 Å². The van der Waals surface area contributed by atoms with E-state index in [1.54, 1.807) is 25.6 Å². The number of para-hydroxylation sites is 2. The maximum absolute atomic E-state index is 12.3. The summed E-state index contributed by atoms with van der Waals surface area (Å²) in [6, 6.07) is 15.6. The van der Waals surface area contributed by atoms with Gasteiger partial charge in [-0.1, -0.05) is 49.9 Å². The second-order valence-electron chi connectivity index (χ2n) is 6.27. The third kappa shape index (κ3) is 4.68. The summed E-state index contributed by atoms with van der Waals surface area (Å²) in [4.78, 5) is 12.3. The zero-order chi connectivity index (χ0) is 19.2. The molecule has 0 aliphatic carbocycles. The molecule has 0 aliphatic rings. The van der Waals surface area contributed by atoms with E-state index in [-0.39, 0.29) is 11.7 Å². The summed E-state index contributed by atoms with van der Waals surface area (Å²) in [5.74, 6) is 1.20. The fraction of sp³-hybridized carbons (Fsp3) is 0.250. The summed E-state index contributed by atoms with van der Waals surface area (Å²) in [7, 11) is 1.58. The lowest BCUT2D eigenvalue weighted by Gasteiger charge is -2.10. The van der Waals surface area contributed by atoms with Crippen molar-refractivity contribution in [1.82, 2.24) is 14.8 Å². The zero-order valence-electron chi connectivity index (χ0n) is 15.5. The van der Waals surface area contributed by atoms with Crippen LogP contribution >= 0.6 is 11.8 Å². The number of nitrogens with one attached hydrogen (secondary N) is 1. The molecule has 1 amide bonds. The number of nitrogens with zero attached hydrogens (tertiary/aromatic N) is 3. The maximum atomic E-state index is 12.3. The van der Waals surface area contributed by atoms with E-state index in [9.17, 15) is 4.79 Å². The van der Waals surface area contributed by atoms with Crippen LogP contribution in [0.4, 0.5) is 5.69 Å². The van der Waals surface area contributed by atoms with E-state index in [0.717, 1.165) is 5.69 Å². The first-order chi connectivity index (χ1) is 13.1. The average Bonchev–Trinajstić information content (AvgIpc) is 3.15. The van der Waals surface area contributed by atoms with E-state index >= 15 is 0 Å². The lowest BCUT2D eigenvalue weighted by atomic mass is 10.0. The number of hydrogen-bond donors (Lipinski definition) is 1. The molecule has 0 aliphatic heterocycles. The molecule has 3 rings (SSSR count). The Balaban J connectivity index is 1.65. The van der Waals surface area contributed by atoms with Crippen LogP contribution in [0.25, 0.3) is 5.69 Å². The zero-order valence-corrected chi connectivity index (χ0v) is 16.4. The van der Waals surface area contributed by atoms with Gasteiger partial charge in [-0.05, 0) is 35.7 Å². The Kier molecular flexibility index (Phi) is 6.13. The van der Waals surface area contributed by atoms with Crippen molar-refractivity contribution in [1.29, 1.82) is 0 Å². The summed E-state index contributed by atoms with van der Waals surface area (Å²) >= 11 is 1.34. The molecule has 6 nitrogen and oxygen atoms in total. The lowest BCUT2D eigenvalue weighted by molar-refractivity contribution is -0.113. The first kappa shape index (κ1) is 19.0. The van der Waals surface area contributed by atoms with Crippen LogP contribution in [0, 0.1) is 0 Å². The number of thioether (sulfide) groups is 1. The molecule has 1 aromatic heterocycles. The Morgan fingerprint density at radius 1 is 1.19 bits per heavy atom. The van der Waals surface area contributed by atoms with Crippen molar-refractivity contribution in [2.75, 3.05) is 18.2 Å². The van der Waals surface area contributed by atoms with Crippen molar-refractivity contribution >= 4 is 23.4 Å². The molecular formula is C20H22N4O2S. The molecule has 27 heavy (non-hydrogen) atoms. The number of aromatic nitrogens is 3. The van der Waals surface area contributed by atoms with E-state index < -0.39 is 0 Å². The number of amides is 1. The van der Waals surface area contributed by atoms with Gasteiger partial charge in [0.25, 0.3) is 0 Å². The minimum absolute atomic E-state index is 0.130. The highest BCUT2D eigenvalue weighted by atomic mass is 32.2. The summed E-state index contributed by atoms with van der Waals surface area (Å²) in [5.41, 5.74) is 2.89. The fourth-order valence-corrected chi connectivity index (χ4v) is 3.31. The van der Waals surface area contributed by atoms with Crippen molar-refractivity contribution in [3.05, 3.63) is 60.4 Å². The first-order valence-corrected chi connectivity index (χ1v) is 9.63. The highest BCUT2D eigenvalue weighted by molar-refractivity contribution is 7.99. The van der Waals surface area contributed by atoms with Crippen LogP contribution in [-0.2, 0) is 4.79 Å². The number of methoxy groups -OCH3 is 1. The van der Waals surface area contributed by atoms with Gasteiger partial charge in [0, 0.05) is 5.69 Å². The van der Waals surface area contributed by atoms with E-state index in [2.05, 4.69) is 41.5 Å². The fourth-order valence-electron chi connectivity index (χ4n) is 2.58. The summed E-state index contributed by atoms with van der Waals surface area (Å²) in [6.45, 7) is 4.32. The normalized spacial score (nSPS) is 10.8. The third-order valence-electron chi connectivity index (χ3n) is 4.07. The van der Waals surface area contributed by atoms with E-state index in [0.29, 0.717) is 22.5 Å². The number of carbonyl (C=O) groups is 1. The molecule has 7 heteroatoms. The highest BCUT2D eigenvalue weighted by Gasteiger charge is 2.12. The summed E-state index contributed by atoms with van der Waals surface area (Å²) in [6.07, 6.45) is 1.66. The number of hydrogen-bond acceptors (Lipinski definition) is 5. The second-order valence-corrected chi connectivity index (χ2v) is 7.21. The number of anilines is 1. The van der Waals surface area contributed by atoms with E-state index in [1.807, 2.05) is 28.8 Å². The van der Waals surface area contributed by atoms with Gasteiger partial charge in [-0.15, -0.1) is 10.2 Å². The molecule has 0 bridgehead atoms. The standard InChI is InChI=1S/C20H22N4O2S/c1-14(2)15-8-10-16(11-9-15)24-13-21-23-20(24)27-12-19(25)22-17-6-4-5-7-18(17)26-3/h4-11,13-14H,12H2,1-3H3,(H,22,25). The molecule has 0 unspecified atom stereocenters. The molecular weight excluding hydrogens is 360 g/mol. The number of carbonyl (C=O) groups excluding carboxylic acids is 1. The van der Waals surface area contributed by atoms with Gasteiger partial charge in [-0.2, -0.15) is 0 Å². The van der Waals surface area contributed by atoms with Gasteiger partial charge in [0.05, 0.1) is 18.6 Å². The molecule has 3 aromatic rings. The lowest BCUT2D eigenvalue weighted by Crippen LogP contribution is -2.15. The van der Waals surface area contributed by atoms with Gasteiger partial charge in [-0.25, -0.2) is 0 Å². The van der Waals surface area contributed by atoms with Crippen LogP contribution < -0.4 is 10.1 Å². The minimum Gasteiger partial charge on any atom is -0.495 e. The molecule has 0 fully saturated rings. The molecule has 140 valence electrons. The first-order valence-electron chi connectivity index (χ1n) is 8.64. The molecule has 0 saturated heterocycles. The van der Waals surface area contributed by atoms with E-state index in [4.69, 9.17) is 4.74 Å². The topological polar surface area (TPSA) is 69.0 Å².